The molecular weight excluding hydrogens is 344 g/mol. The Hall–Kier alpha value is -2.05. The van der Waals surface area contributed by atoms with Crippen molar-refractivity contribution in [3.05, 3.63) is 53.6 Å². The van der Waals surface area contributed by atoms with Crippen LogP contribution in [0.25, 0.3) is 17.2 Å². The van der Waals surface area contributed by atoms with Gasteiger partial charge in [-0.15, -0.1) is 11.8 Å². The summed E-state index contributed by atoms with van der Waals surface area (Å²) in [7, 11) is -3.48. The van der Waals surface area contributed by atoms with E-state index in [2.05, 4.69) is 0 Å². The summed E-state index contributed by atoms with van der Waals surface area (Å²) in [4.78, 5) is 12.6. The van der Waals surface area contributed by atoms with Gasteiger partial charge in [0.1, 0.15) is 0 Å². The van der Waals surface area contributed by atoms with E-state index >= 15 is 0 Å². The van der Waals surface area contributed by atoms with Crippen LogP contribution >= 0.6 is 11.8 Å². The van der Waals surface area contributed by atoms with Crippen molar-refractivity contribution in [2.24, 2.45) is 0 Å². The smallest absolute Gasteiger partial charge is 0.331 e. The summed E-state index contributed by atoms with van der Waals surface area (Å²) in [5, 5.41) is 9.26. The van der Waals surface area contributed by atoms with Crippen LogP contribution in [-0.4, -0.2) is 31.5 Å². The fraction of sp³-hybridized carbons (Fsp3) is 0.167. The molecule has 0 saturated heterocycles. The molecule has 0 aromatic heterocycles. The molecule has 0 amide bonds. The Balaban J connectivity index is 2.22. The molecule has 1 aliphatic rings. The van der Waals surface area contributed by atoms with Crippen LogP contribution in [0.15, 0.2) is 57.8 Å². The SMILES string of the molecule is CSc1ccccc1-c1ccc2c(c1)C=C(C(=O)O)CCS2(=O)=O. The molecule has 3 rings (SSSR count). The summed E-state index contributed by atoms with van der Waals surface area (Å²) in [5.74, 6) is -1.26. The molecule has 0 fully saturated rings. The Morgan fingerprint density at radius 1 is 1.17 bits per heavy atom. The number of thioether (sulfide) groups is 1. The van der Waals surface area contributed by atoms with Gasteiger partial charge in [0.2, 0.25) is 0 Å². The zero-order valence-corrected chi connectivity index (χ0v) is 14.7. The monoisotopic (exact) mass is 360 g/mol. The van der Waals surface area contributed by atoms with Crippen LogP contribution < -0.4 is 0 Å². The van der Waals surface area contributed by atoms with Crippen LogP contribution in [0.2, 0.25) is 0 Å². The van der Waals surface area contributed by atoms with Gasteiger partial charge in [-0.1, -0.05) is 24.3 Å². The van der Waals surface area contributed by atoms with Crippen LogP contribution in [0.5, 0.6) is 0 Å². The number of sulfone groups is 1. The lowest BCUT2D eigenvalue weighted by molar-refractivity contribution is -0.132. The summed E-state index contributed by atoms with van der Waals surface area (Å²) in [6, 6.07) is 13.0. The van der Waals surface area contributed by atoms with Crippen LogP contribution in [0.1, 0.15) is 12.0 Å². The van der Waals surface area contributed by atoms with Gasteiger partial charge in [0, 0.05) is 10.5 Å². The average molecular weight is 360 g/mol. The Kier molecular flexibility index (Phi) is 4.51. The van der Waals surface area contributed by atoms with Gasteiger partial charge in [-0.25, -0.2) is 13.2 Å². The van der Waals surface area contributed by atoms with Crippen molar-refractivity contribution in [2.45, 2.75) is 16.2 Å². The van der Waals surface area contributed by atoms with Gasteiger partial charge in [-0.2, -0.15) is 0 Å². The molecule has 0 atom stereocenters. The highest BCUT2D eigenvalue weighted by Crippen LogP contribution is 2.34. The van der Waals surface area contributed by atoms with E-state index in [0.717, 1.165) is 16.0 Å². The largest absolute Gasteiger partial charge is 0.478 e. The van der Waals surface area contributed by atoms with E-state index in [1.54, 1.807) is 30.0 Å². The fourth-order valence-electron chi connectivity index (χ4n) is 2.78. The van der Waals surface area contributed by atoms with Gasteiger partial charge in [-0.3, -0.25) is 0 Å². The lowest BCUT2D eigenvalue weighted by Crippen LogP contribution is -2.08. The van der Waals surface area contributed by atoms with Crippen LogP contribution in [0, 0.1) is 0 Å². The number of benzene rings is 2. The minimum Gasteiger partial charge on any atom is -0.478 e. The molecule has 124 valence electrons. The number of carboxylic acids is 1. The number of fused-ring (bicyclic) bond motifs is 1. The summed E-state index contributed by atoms with van der Waals surface area (Å²) >= 11 is 1.61. The number of hydrogen-bond acceptors (Lipinski definition) is 4. The highest BCUT2D eigenvalue weighted by molar-refractivity contribution is 7.98. The van der Waals surface area contributed by atoms with Crippen LogP contribution in [0.4, 0.5) is 0 Å². The molecule has 2 aromatic carbocycles. The predicted molar refractivity (Wildman–Crippen MR) is 95.9 cm³/mol. The van der Waals surface area contributed by atoms with E-state index in [4.69, 9.17) is 0 Å². The second-order valence-corrected chi connectivity index (χ2v) is 8.42. The molecule has 0 aliphatic carbocycles. The van der Waals surface area contributed by atoms with Crippen LogP contribution in [-0.2, 0) is 14.6 Å². The second-order valence-electron chi connectivity index (χ2n) is 5.50. The maximum absolute atomic E-state index is 12.4. The van der Waals surface area contributed by atoms with E-state index in [-0.39, 0.29) is 22.6 Å². The predicted octanol–water partition coefficient (Wildman–Crippen LogP) is 3.72. The van der Waals surface area contributed by atoms with Crippen molar-refractivity contribution in [1.29, 1.82) is 0 Å². The first kappa shape index (κ1) is 16.8. The number of carboxylic acid groups (broad SMARTS) is 1. The quantitative estimate of drug-likeness (QED) is 0.845. The van der Waals surface area contributed by atoms with Crippen LogP contribution in [0.3, 0.4) is 0 Å². The third kappa shape index (κ3) is 3.12. The Morgan fingerprint density at radius 2 is 1.92 bits per heavy atom. The van der Waals surface area contributed by atoms with E-state index in [9.17, 15) is 18.3 Å². The molecule has 0 bridgehead atoms. The molecule has 1 heterocycles. The van der Waals surface area contributed by atoms with E-state index < -0.39 is 15.8 Å². The lowest BCUT2D eigenvalue weighted by atomic mass is 10.0. The number of hydrogen-bond donors (Lipinski definition) is 1. The normalized spacial score (nSPS) is 16.0. The van der Waals surface area contributed by atoms with Gasteiger partial charge in [0.25, 0.3) is 0 Å². The summed E-state index contributed by atoms with van der Waals surface area (Å²) < 4.78 is 24.8. The van der Waals surface area contributed by atoms with Gasteiger partial charge in [0.05, 0.1) is 10.6 Å². The first-order valence-corrected chi connectivity index (χ1v) is 10.2. The van der Waals surface area contributed by atoms with Crippen molar-refractivity contribution in [1.82, 2.24) is 0 Å². The number of rotatable bonds is 3. The molecule has 1 aliphatic heterocycles. The Bertz CT molecular complexity index is 943. The molecule has 0 radical (unpaired) electrons. The van der Waals surface area contributed by atoms with Gasteiger partial charge in [0.15, 0.2) is 9.84 Å². The van der Waals surface area contributed by atoms with Crippen molar-refractivity contribution < 1.29 is 18.3 Å². The highest BCUT2D eigenvalue weighted by Gasteiger charge is 2.24. The van der Waals surface area contributed by atoms with Gasteiger partial charge in [-0.05, 0) is 53.6 Å². The third-order valence-corrected chi connectivity index (χ3v) is 6.59. The molecule has 2 aromatic rings. The third-order valence-electron chi connectivity index (χ3n) is 4.01. The summed E-state index contributed by atoms with van der Waals surface area (Å²) in [6.45, 7) is 0. The molecule has 0 unspecified atom stereocenters. The number of carbonyl (C=O) groups is 1. The minimum absolute atomic E-state index is 0.0169. The highest BCUT2D eigenvalue weighted by atomic mass is 32.2. The zero-order chi connectivity index (χ0) is 17.3. The van der Waals surface area contributed by atoms with Gasteiger partial charge >= 0.3 is 5.97 Å². The molecule has 4 nitrogen and oxygen atoms in total. The van der Waals surface area contributed by atoms with E-state index in [1.807, 2.05) is 30.5 Å². The summed E-state index contributed by atoms with van der Waals surface area (Å²) in [5.41, 5.74) is 2.43. The minimum atomic E-state index is -3.48. The van der Waals surface area contributed by atoms with E-state index in [1.165, 1.54) is 6.08 Å². The average Bonchev–Trinajstić information content (AvgIpc) is 2.70. The lowest BCUT2D eigenvalue weighted by Gasteiger charge is -2.11. The van der Waals surface area contributed by atoms with E-state index in [0.29, 0.717) is 5.56 Å². The summed E-state index contributed by atoms with van der Waals surface area (Å²) in [6.07, 6.45) is 3.48. The molecule has 0 spiro atoms. The fourth-order valence-corrected chi connectivity index (χ4v) is 4.86. The van der Waals surface area contributed by atoms with Crippen molar-refractivity contribution in [3.8, 4) is 11.1 Å². The molecular formula is C18H16O4S2. The van der Waals surface area contributed by atoms with Crippen molar-refractivity contribution in [3.63, 3.8) is 0 Å². The maximum Gasteiger partial charge on any atom is 0.331 e. The molecule has 1 N–H and O–H groups in total. The van der Waals surface area contributed by atoms with Gasteiger partial charge < -0.3 is 5.11 Å². The Labute approximate surface area is 145 Å². The standard InChI is InChI=1S/C18H16O4S2/c1-23-16-5-3-2-4-15(16)12-6-7-17-14(10-12)11-13(18(19)20)8-9-24(17,21)22/h2-7,10-11H,8-9H2,1H3,(H,19,20). The second kappa shape index (κ2) is 6.45. The molecule has 0 saturated carbocycles. The Morgan fingerprint density at radius 3 is 2.62 bits per heavy atom. The molecule has 24 heavy (non-hydrogen) atoms. The first-order chi connectivity index (χ1) is 11.4. The number of aliphatic carboxylic acids is 1. The maximum atomic E-state index is 12.4. The van der Waals surface area contributed by atoms with Crippen molar-refractivity contribution in [2.75, 3.05) is 12.0 Å². The molecule has 6 heteroatoms. The topological polar surface area (TPSA) is 71.4 Å². The van der Waals surface area contributed by atoms with Crippen molar-refractivity contribution >= 4 is 33.6 Å². The zero-order valence-electron chi connectivity index (χ0n) is 13.0. The first-order valence-electron chi connectivity index (χ1n) is 7.36.